The van der Waals surface area contributed by atoms with E-state index in [4.69, 9.17) is 20.4 Å². The predicted molar refractivity (Wildman–Crippen MR) is 34.4 cm³/mol. The third kappa shape index (κ3) is 5.96. The van der Waals surface area contributed by atoms with Crippen LogP contribution in [0.3, 0.4) is 0 Å². The summed E-state index contributed by atoms with van der Waals surface area (Å²) in [5.41, 5.74) is 0. The molecular formula is C4H7CuNaO6. The van der Waals surface area contributed by atoms with E-state index in [9.17, 15) is 9.59 Å². The van der Waals surface area contributed by atoms with Crippen molar-refractivity contribution in [2.75, 3.05) is 0 Å². The quantitative estimate of drug-likeness (QED) is 0.395. The van der Waals surface area contributed by atoms with Crippen molar-refractivity contribution in [3.63, 3.8) is 0 Å². The van der Waals surface area contributed by atoms with Crippen LogP contribution in [0, 0.1) is 0 Å². The van der Waals surface area contributed by atoms with Gasteiger partial charge in [-0.2, -0.15) is 0 Å². The number of carbonyl (C=O) groups is 2. The molecule has 0 fully saturated rings. The van der Waals surface area contributed by atoms with Gasteiger partial charge in [-0.05, 0) is 0 Å². The molecule has 0 aromatic rings. The van der Waals surface area contributed by atoms with E-state index in [1.54, 1.807) is 0 Å². The van der Waals surface area contributed by atoms with Crippen molar-refractivity contribution in [2.24, 2.45) is 0 Å². The van der Waals surface area contributed by atoms with Crippen LogP contribution in [0.1, 0.15) is 0 Å². The maximum absolute atomic E-state index is 9.77. The van der Waals surface area contributed by atoms with Gasteiger partial charge < -0.3 is 20.4 Å². The molecule has 0 rings (SSSR count). The molecule has 1 radical (unpaired) electrons. The van der Waals surface area contributed by atoms with Gasteiger partial charge in [-0.3, -0.25) is 0 Å². The third-order valence-electron chi connectivity index (χ3n) is 0.805. The average molecular weight is 238 g/mol. The first-order chi connectivity index (χ1) is 4.46. The van der Waals surface area contributed by atoms with Gasteiger partial charge in [-0.25, -0.2) is 9.59 Å². The summed E-state index contributed by atoms with van der Waals surface area (Å²) < 4.78 is 0. The molecule has 8 heteroatoms. The van der Waals surface area contributed by atoms with Crippen molar-refractivity contribution in [1.29, 1.82) is 0 Å². The van der Waals surface area contributed by atoms with E-state index >= 15 is 0 Å². The fourth-order valence-electron chi connectivity index (χ4n) is 0.270. The minimum atomic E-state index is -2.27. The van der Waals surface area contributed by atoms with E-state index in [-0.39, 0.29) is 46.6 Å². The monoisotopic (exact) mass is 237 g/mol. The number of rotatable bonds is 3. The van der Waals surface area contributed by atoms with E-state index in [1.165, 1.54) is 0 Å². The SMILES string of the molecule is O=C(O)C(O)C(O)C(=O)O.[Cu].[NaH]. The van der Waals surface area contributed by atoms with Crippen LogP contribution in [0.25, 0.3) is 0 Å². The summed E-state index contributed by atoms with van der Waals surface area (Å²) >= 11 is 0. The van der Waals surface area contributed by atoms with Gasteiger partial charge in [0.2, 0.25) is 0 Å². The fraction of sp³-hybridized carbons (Fsp3) is 0.500. The summed E-state index contributed by atoms with van der Waals surface area (Å²) in [6, 6.07) is 0. The fourth-order valence-corrected chi connectivity index (χ4v) is 0.270. The van der Waals surface area contributed by atoms with E-state index in [2.05, 4.69) is 0 Å². The van der Waals surface area contributed by atoms with Crippen LogP contribution < -0.4 is 0 Å². The molecule has 0 heterocycles. The van der Waals surface area contributed by atoms with E-state index in [0.29, 0.717) is 0 Å². The number of hydrogen-bond acceptors (Lipinski definition) is 4. The van der Waals surface area contributed by atoms with Crippen LogP contribution in [0.4, 0.5) is 0 Å². The summed E-state index contributed by atoms with van der Waals surface area (Å²) in [5, 5.41) is 32.5. The molecule has 12 heavy (non-hydrogen) atoms. The Labute approximate surface area is 100 Å². The minimum absolute atomic E-state index is 0. The molecule has 0 aromatic carbocycles. The maximum atomic E-state index is 9.77. The summed E-state index contributed by atoms with van der Waals surface area (Å²) in [6.45, 7) is 0. The Morgan fingerprint density at radius 3 is 1.17 bits per heavy atom. The molecule has 4 N–H and O–H groups in total. The number of aliphatic carboxylic acids is 2. The third-order valence-corrected chi connectivity index (χ3v) is 0.805. The van der Waals surface area contributed by atoms with Crippen molar-refractivity contribution in [3.05, 3.63) is 0 Å². The van der Waals surface area contributed by atoms with Crippen LogP contribution in [0.15, 0.2) is 0 Å². The topological polar surface area (TPSA) is 115 Å². The van der Waals surface area contributed by atoms with Gasteiger partial charge in [0, 0.05) is 17.1 Å². The van der Waals surface area contributed by atoms with Crippen molar-refractivity contribution >= 4 is 41.5 Å². The molecule has 0 bridgehead atoms. The Bertz CT molecular complexity index is 144. The first kappa shape index (κ1) is 18.2. The van der Waals surface area contributed by atoms with Crippen LogP contribution in [-0.4, -0.2) is 74.1 Å². The Morgan fingerprint density at radius 2 is 1.08 bits per heavy atom. The van der Waals surface area contributed by atoms with E-state index < -0.39 is 24.1 Å². The molecule has 0 aliphatic rings. The van der Waals surface area contributed by atoms with Gasteiger partial charge in [-0.1, -0.05) is 0 Å². The number of carboxylic acid groups (broad SMARTS) is 2. The summed E-state index contributed by atoms with van der Waals surface area (Å²) in [4.78, 5) is 19.5. The number of aliphatic hydroxyl groups is 2. The predicted octanol–water partition coefficient (Wildman–Crippen LogP) is -2.77. The van der Waals surface area contributed by atoms with Crippen molar-refractivity contribution in [1.82, 2.24) is 0 Å². The Hall–Kier alpha value is 0.379. The molecule has 0 aliphatic carbocycles. The van der Waals surface area contributed by atoms with E-state index in [1.807, 2.05) is 0 Å². The van der Waals surface area contributed by atoms with Crippen molar-refractivity contribution in [2.45, 2.75) is 12.2 Å². The zero-order valence-electron chi connectivity index (χ0n) is 5.06. The molecule has 2 unspecified atom stereocenters. The Morgan fingerprint density at radius 1 is 0.917 bits per heavy atom. The second-order valence-electron chi connectivity index (χ2n) is 1.57. The molecule has 0 aliphatic heterocycles. The van der Waals surface area contributed by atoms with Crippen LogP contribution in [0.2, 0.25) is 0 Å². The number of carboxylic acids is 2. The van der Waals surface area contributed by atoms with Crippen LogP contribution in [0.5, 0.6) is 0 Å². The second kappa shape index (κ2) is 8.00. The van der Waals surface area contributed by atoms with Gasteiger partial charge >= 0.3 is 41.5 Å². The molecule has 0 amide bonds. The van der Waals surface area contributed by atoms with Crippen LogP contribution in [-0.2, 0) is 26.7 Å². The van der Waals surface area contributed by atoms with Gasteiger partial charge in [0.1, 0.15) is 0 Å². The normalized spacial score (nSPS) is 13.2. The van der Waals surface area contributed by atoms with Crippen molar-refractivity contribution < 1.29 is 47.1 Å². The van der Waals surface area contributed by atoms with Gasteiger partial charge in [0.15, 0.2) is 12.2 Å². The molecule has 6 nitrogen and oxygen atoms in total. The van der Waals surface area contributed by atoms with Gasteiger partial charge in [0.25, 0.3) is 0 Å². The zero-order chi connectivity index (χ0) is 8.31. The average Bonchev–Trinajstić information content (AvgIpc) is 1.84. The van der Waals surface area contributed by atoms with E-state index in [0.717, 1.165) is 0 Å². The molecule has 71 valence electrons. The first-order valence-corrected chi connectivity index (χ1v) is 2.28. The molecule has 0 saturated carbocycles. The van der Waals surface area contributed by atoms with Crippen LogP contribution >= 0.6 is 0 Å². The van der Waals surface area contributed by atoms with Gasteiger partial charge in [-0.15, -0.1) is 0 Å². The zero-order valence-corrected chi connectivity index (χ0v) is 6.00. The van der Waals surface area contributed by atoms with Gasteiger partial charge in [0.05, 0.1) is 0 Å². The second-order valence-corrected chi connectivity index (χ2v) is 1.57. The summed E-state index contributed by atoms with van der Waals surface area (Å²) in [6.07, 6.45) is -4.53. The molecule has 0 spiro atoms. The molecule has 0 saturated heterocycles. The molecular weight excluding hydrogens is 231 g/mol. The Balaban J connectivity index is -0.000000405. The summed E-state index contributed by atoms with van der Waals surface area (Å²) in [5.74, 6) is -3.54. The number of hydrogen-bond donors (Lipinski definition) is 4. The standard InChI is InChI=1S/C4H6O6.Cu.Na.H/c5-1(3(7)8)2(6)4(9)10;;;/h1-2,5-6H,(H,7,8)(H,9,10);;;. The molecule has 0 aromatic heterocycles. The Kier molecular flexibility index (Phi) is 12.1. The molecule has 2 atom stereocenters. The number of aliphatic hydroxyl groups excluding tert-OH is 2. The van der Waals surface area contributed by atoms with Crippen molar-refractivity contribution in [3.8, 4) is 0 Å². The first-order valence-electron chi connectivity index (χ1n) is 2.28. The summed E-state index contributed by atoms with van der Waals surface area (Å²) in [7, 11) is 0.